The quantitative estimate of drug-likeness (QED) is 0.614. The molecule has 0 saturated heterocycles. The van der Waals surface area contributed by atoms with Crippen LogP contribution in [0.3, 0.4) is 0 Å². The average molecular weight is 368 g/mol. The van der Waals surface area contributed by atoms with Gasteiger partial charge in [-0.15, -0.1) is 0 Å². The number of esters is 1. The number of anilines is 2. The maximum absolute atomic E-state index is 12.2. The van der Waals surface area contributed by atoms with E-state index in [-0.39, 0.29) is 18.3 Å². The van der Waals surface area contributed by atoms with Crippen LogP contribution in [0.25, 0.3) is 11.2 Å². The van der Waals surface area contributed by atoms with Gasteiger partial charge in [-0.3, -0.25) is 4.79 Å². The van der Waals surface area contributed by atoms with Crippen LogP contribution in [0, 0.1) is 0 Å². The molecule has 0 radical (unpaired) electrons. The summed E-state index contributed by atoms with van der Waals surface area (Å²) in [5.74, 6) is 0.110. The first-order valence-electron chi connectivity index (χ1n) is 8.53. The molecule has 0 aliphatic heterocycles. The van der Waals surface area contributed by atoms with Crippen molar-refractivity contribution >= 4 is 34.5 Å². The minimum absolute atomic E-state index is 0.149. The fourth-order valence-electron chi connectivity index (χ4n) is 2.58. The van der Waals surface area contributed by atoms with Gasteiger partial charge in [0.05, 0.1) is 18.5 Å². The van der Waals surface area contributed by atoms with Crippen molar-refractivity contribution < 1.29 is 14.3 Å². The third kappa shape index (κ3) is 4.20. The zero-order valence-corrected chi connectivity index (χ0v) is 15.1. The molecule has 0 unspecified atom stereocenters. The van der Waals surface area contributed by atoms with E-state index in [1.165, 1.54) is 6.33 Å². The smallest absolute Gasteiger partial charge is 0.338 e. The molecule has 0 bridgehead atoms. The van der Waals surface area contributed by atoms with Crippen LogP contribution in [-0.2, 0) is 16.1 Å². The van der Waals surface area contributed by atoms with Crippen LogP contribution >= 0.6 is 0 Å². The van der Waals surface area contributed by atoms with Gasteiger partial charge in [-0.25, -0.2) is 19.7 Å². The molecule has 1 amide bonds. The van der Waals surface area contributed by atoms with Crippen LogP contribution in [-0.4, -0.2) is 45.1 Å². The highest BCUT2D eigenvalue weighted by atomic mass is 16.5. The molecule has 3 aromatic rings. The van der Waals surface area contributed by atoms with Gasteiger partial charge in [-0.2, -0.15) is 0 Å². The Hall–Kier alpha value is -3.49. The largest absolute Gasteiger partial charge is 0.462 e. The fraction of sp³-hybridized carbons (Fsp3) is 0.278. The summed E-state index contributed by atoms with van der Waals surface area (Å²) in [5, 5.41) is 5.77. The number of amides is 1. The van der Waals surface area contributed by atoms with E-state index in [1.807, 2.05) is 0 Å². The van der Waals surface area contributed by atoms with E-state index in [0.29, 0.717) is 41.4 Å². The molecule has 0 aliphatic carbocycles. The van der Waals surface area contributed by atoms with Crippen LogP contribution in [0.5, 0.6) is 0 Å². The topological polar surface area (TPSA) is 111 Å². The molecule has 2 N–H and O–H groups in total. The number of nitrogens with zero attached hydrogens (tertiary/aromatic N) is 4. The van der Waals surface area contributed by atoms with Crippen molar-refractivity contribution in [3.8, 4) is 0 Å². The summed E-state index contributed by atoms with van der Waals surface area (Å²) < 4.78 is 6.74. The highest BCUT2D eigenvalue weighted by molar-refractivity contribution is 5.93. The van der Waals surface area contributed by atoms with Crippen molar-refractivity contribution in [3.05, 3.63) is 42.5 Å². The highest BCUT2D eigenvalue weighted by Crippen LogP contribution is 2.17. The number of hydrogen-bond acceptors (Lipinski definition) is 7. The number of fused-ring (bicyclic) bond motifs is 1. The summed E-state index contributed by atoms with van der Waals surface area (Å²) in [6.07, 6.45) is 3.35. The van der Waals surface area contributed by atoms with E-state index in [4.69, 9.17) is 4.74 Å². The Morgan fingerprint density at radius 1 is 1.15 bits per heavy atom. The number of hydrogen-bond donors (Lipinski definition) is 2. The van der Waals surface area contributed by atoms with Gasteiger partial charge in [0.15, 0.2) is 11.5 Å². The van der Waals surface area contributed by atoms with Crippen molar-refractivity contribution in [1.82, 2.24) is 19.5 Å². The van der Waals surface area contributed by atoms with Crippen LogP contribution in [0.2, 0.25) is 0 Å². The summed E-state index contributed by atoms with van der Waals surface area (Å²) in [4.78, 5) is 36.5. The maximum Gasteiger partial charge on any atom is 0.338 e. The normalized spacial score (nSPS) is 10.6. The second kappa shape index (κ2) is 8.26. The van der Waals surface area contributed by atoms with E-state index >= 15 is 0 Å². The summed E-state index contributed by atoms with van der Waals surface area (Å²) in [7, 11) is 1.77. The van der Waals surface area contributed by atoms with E-state index in [9.17, 15) is 9.59 Å². The molecule has 27 heavy (non-hydrogen) atoms. The molecular formula is C18H20N6O3. The molecule has 1 aromatic carbocycles. The van der Waals surface area contributed by atoms with Gasteiger partial charge in [-0.05, 0) is 31.2 Å². The number of aryl methyl sites for hydroxylation is 1. The van der Waals surface area contributed by atoms with Crippen molar-refractivity contribution in [2.24, 2.45) is 0 Å². The number of carbonyl (C=O) groups is 2. The number of ether oxygens (including phenoxy) is 1. The molecule has 0 atom stereocenters. The van der Waals surface area contributed by atoms with E-state index in [2.05, 4.69) is 25.6 Å². The summed E-state index contributed by atoms with van der Waals surface area (Å²) >= 11 is 0. The lowest BCUT2D eigenvalue weighted by atomic mass is 10.2. The minimum Gasteiger partial charge on any atom is -0.462 e. The standard InChI is InChI=1S/C18H20N6O3/c1-3-27-18(26)12-4-6-13(7-5-12)23-14(25)8-9-24-11-22-15-16(19-2)20-10-21-17(15)24/h4-7,10-11H,3,8-9H2,1-2H3,(H,23,25)(H,19,20,21). The van der Waals surface area contributed by atoms with Crippen LogP contribution in [0.4, 0.5) is 11.5 Å². The Morgan fingerprint density at radius 2 is 1.93 bits per heavy atom. The number of rotatable bonds is 7. The second-order valence-corrected chi connectivity index (χ2v) is 5.68. The first-order chi connectivity index (χ1) is 13.1. The molecule has 3 rings (SSSR count). The number of nitrogens with one attached hydrogen (secondary N) is 2. The first kappa shape index (κ1) is 18.3. The lowest BCUT2D eigenvalue weighted by molar-refractivity contribution is -0.116. The summed E-state index contributed by atoms with van der Waals surface area (Å²) in [6.45, 7) is 2.51. The molecule has 2 aromatic heterocycles. The number of carbonyl (C=O) groups excluding carboxylic acids is 2. The van der Waals surface area contributed by atoms with Gasteiger partial charge in [-0.1, -0.05) is 0 Å². The molecule has 0 saturated carbocycles. The van der Waals surface area contributed by atoms with Crippen LogP contribution < -0.4 is 10.6 Å². The van der Waals surface area contributed by atoms with Crippen LogP contribution in [0.15, 0.2) is 36.9 Å². The molecule has 0 aliphatic rings. The minimum atomic E-state index is -0.384. The third-order valence-corrected chi connectivity index (χ3v) is 3.90. The lowest BCUT2D eigenvalue weighted by Gasteiger charge is -2.07. The van der Waals surface area contributed by atoms with Gasteiger partial charge in [0, 0.05) is 25.7 Å². The first-order valence-corrected chi connectivity index (χ1v) is 8.53. The summed E-state index contributed by atoms with van der Waals surface area (Å²) in [5.41, 5.74) is 2.39. The number of imidazole rings is 1. The molecule has 9 nitrogen and oxygen atoms in total. The van der Waals surface area contributed by atoms with E-state index in [0.717, 1.165) is 0 Å². The third-order valence-electron chi connectivity index (χ3n) is 3.90. The van der Waals surface area contributed by atoms with Gasteiger partial charge in [0.2, 0.25) is 5.91 Å². The van der Waals surface area contributed by atoms with E-state index in [1.54, 1.807) is 49.1 Å². The molecule has 2 heterocycles. The van der Waals surface area contributed by atoms with E-state index < -0.39 is 0 Å². The lowest BCUT2D eigenvalue weighted by Crippen LogP contribution is -2.14. The fourth-order valence-corrected chi connectivity index (χ4v) is 2.58. The highest BCUT2D eigenvalue weighted by Gasteiger charge is 2.11. The predicted octanol–water partition coefficient (Wildman–Crippen LogP) is 2.07. The number of benzene rings is 1. The molecule has 9 heteroatoms. The SMILES string of the molecule is CCOC(=O)c1ccc(NC(=O)CCn2cnc3c(NC)ncnc32)cc1. The molecular weight excluding hydrogens is 348 g/mol. The Balaban J connectivity index is 1.59. The van der Waals surface area contributed by atoms with Crippen molar-refractivity contribution in [1.29, 1.82) is 0 Å². The zero-order chi connectivity index (χ0) is 19.2. The van der Waals surface area contributed by atoms with Gasteiger partial charge in [0.25, 0.3) is 0 Å². The molecule has 140 valence electrons. The van der Waals surface area contributed by atoms with Crippen molar-refractivity contribution in [2.75, 3.05) is 24.3 Å². The van der Waals surface area contributed by atoms with Crippen molar-refractivity contribution in [3.63, 3.8) is 0 Å². The Labute approximate surface area is 155 Å². The van der Waals surface area contributed by atoms with Gasteiger partial charge in [0.1, 0.15) is 11.8 Å². The molecule has 0 spiro atoms. The number of aromatic nitrogens is 4. The Kier molecular flexibility index (Phi) is 5.60. The Morgan fingerprint density at radius 3 is 2.63 bits per heavy atom. The Bertz CT molecular complexity index is 951. The predicted molar refractivity (Wildman–Crippen MR) is 101 cm³/mol. The second-order valence-electron chi connectivity index (χ2n) is 5.68. The van der Waals surface area contributed by atoms with Crippen LogP contribution in [0.1, 0.15) is 23.7 Å². The maximum atomic E-state index is 12.2. The van der Waals surface area contributed by atoms with Gasteiger partial charge < -0.3 is 19.9 Å². The van der Waals surface area contributed by atoms with Gasteiger partial charge >= 0.3 is 5.97 Å². The monoisotopic (exact) mass is 368 g/mol. The molecule has 0 fully saturated rings. The average Bonchev–Trinajstić information content (AvgIpc) is 3.10. The summed E-state index contributed by atoms with van der Waals surface area (Å²) in [6, 6.07) is 6.58. The van der Waals surface area contributed by atoms with Crippen molar-refractivity contribution in [2.45, 2.75) is 19.9 Å². The zero-order valence-electron chi connectivity index (χ0n) is 15.1.